The standard InChI is InChI=1S/C15H23F3N2O/c1-4-9-19-14(10-20(2)11-15(16,17)18)12-5-7-13(21-3)8-6-12/h5-8,14,19H,4,9-11H2,1-3H3. The lowest BCUT2D eigenvalue weighted by Gasteiger charge is -2.26. The van der Waals surface area contributed by atoms with Crippen molar-refractivity contribution in [3.63, 3.8) is 0 Å². The summed E-state index contributed by atoms with van der Waals surface area (Å²) in [5.74, 6) is 0.733. The Bertz CT molecular complexity index is 406. The quantitative estimate of drug-likeness (QED) is 0.798. The van der Waals surface area contributed by atoms with Crippen LogP contribution in [-0.2, 0) is 0 Å². The summed E-state index contributed by atoms with van der Waals surface area (Å²) in [7, 11) is 3.07. The molecule has 0 bridgehead atoms. The minimum absolute atomic E-state index is 0.136. The van der Waals surface area contributed by atoms with E-state index in [1.165, 1.54) is 11.9 Å². The van der Waals surface area contributed by atoms with Crippen LogP contribution in [-0.4, -0.2) is 44.9 Å². The number of nitrogens with one attached hydrogen (secondary N) is 1. The summed E-state index contributed by atoms with van der Waals surface area (Å²) in [6.45, 7) is 2.17. The van der Waals surface area contributed by atoms with Crippen molar-refractivity contribution < 1.29 is 17.9 Å². The molecule has 0 saturated carbocycles. The van der Waals surface area contributed by atoms with Gasteiger partial charge < -0.3 is 10.1 Å². The van der Waals surface area contributed by atoms with Crippen LogP contribution in [0.15, 0.2) is 24.3 Å². The second-order valence-corrected chi connectivity index (χ2v) is 5.09. The van der Waals surface area contributed by atoms with Crippen molar-refractivity contribution in [2.75, 3.05) is 33.8 Å². The highest BCUT2D eigenvalue weighted by atomic mass is 19.4. The van der Waals surface area contributed by atoms with Gasteiger partial charge in [-0.05, 0) is 37.7 Å². The van der Waals surface area contributed by atoms with Crippen LogP contribution >= 0.6 is 0 Å². The molecule has 1 atom stereocenters. The molecule has 0 aromatic heterocycles. The zero-order valence-electron chi connectivity index (χ0n) is 12.7. The molecule has 0 radical (unpaired) electrons. The van der Waals surface area contributed by atoms with Crippen molar-refractivity contribution in [3.8, 4) is 5.75 Å². The molecule has 1 aromatic rings. The van der Waals surface area contributed by atoms with E-state index in [1.807, 2.05) is 31.2 Å². The Kier molecular flexibility index (Phi) is 6.98. The van der Waals surface area contributed by atoms with Crippen molar-refractivity contribution in [1.29, 1.82) is 0 Å². The van der Waals surface area contributed by atoms with E-state index >= 15 is 0 Å². The normalized spacial score (nSPS) is 13.5. The number of nitrogens with zero attached hydrogens (tertiary/aromatic N) is 1. The molecule has 0 amide bonds. The Hall–Kier alpha value is -1.27. The SMILES string of the molecule is CCCNC(CN(C)CC(F)(F)F)c1ccc(OC)cc1. The van der Waals surface area contributed by atoms with Gasteiger partial charge in [0, 0.05) is 12.6 Å². The molecule has 3 nitrogen and oxygen atoms in total. The average Bonchev–Trinajstić information content (AvgIpc) is 2.41. The monoisotopic (exact) mass is 304 g/mol. The maximum Gasteiger partial charge on any atom is 0.401 e. The molecule has 1 aromatic carbocycles. The van der Waals surface area contributed by atoms with Crippen molar-refractivity contribution in [3.05, 3.63) is 29.8 Å². The number of ether oxygens (including phenoxy) is 1. The molecular formula is C15H23F3N2O. The van der Waals surface area contributed by atoms with Gasteiger partial charge in [-0.2, -0.15) is 13.2 Å². The van der Waals surface area contributed by atoms with E-state index in [1.54, 1.807) is 7.11 Å². The summed E-state index contributed by atoms with van der Waals surface area (Å²) in [4.78, 5) is 1.29. The van der Waals surface area contributed by atoms with E-state index in [2.05, 4.69) is 5.32 Å². The summed E-state index contributed by atoms with van der Waals surface area (Å²) < 4.78 is 42.4. The zero-order valence-corrected chi connectivity index (χ0v) is 12.7. The minimum atomic E-state index is -4.18. The molecule has 120 valence electrons. The third-order valence-corrected chi connectivity index (χ3v) is 3.10. The number of benzene rings is 1. The maximum absolute atomic E-state index is 12.4. The molecule has 0 aliphatic carbocycles. The topological polar surface area (TPSA) is 24.5 Å². The van der Waals surface area contributed by atoms with E-state index < -0.39 is 12.7 Å². The first kappa shape index (κ1) is 17.8. The molecule has 0 fully saturated rings. The molecule has 0 aliphatic rings. The Morgan fingerprint density at radius 3 is 2.33 bits per heavy atom. The van der Waals surface area contributed by atoms with Gasteiger partial charge in [-0.3, -0.25) is 4.90 Å². The van der Waals surface area contributed by atoms with E-state index in [9.17, 15) is 13.2 Å². The third kappa shape index (κ3) is 6.82. The van der Waals surface area contributed by atoms with Crippen molar-refractivity contribution in [1.82, 2.24) is 10.2 Å². The molecule has 1 N–H and O–H groups in total. The Labute approximate surface area is 124 Å². The molecule has 1 unspecified atom stereocenters. The third-order valence-electron chi connectivity index (χ3n) is 3.10. The second-order valence-electron chi connectivity index (χ2n) is 5.09. The smallest absolute Gasteiger partial charge is 0.401 e. The average molecular weight is 304 g/mol. The lowest BCUT2D eigenvalue weighted by molar-refractivity contribution is -0.143. The minimum Gasteiger partial charge on any atom is -0.497 e. The Morgan fingerprint density at radius 1 is 1.24 bits per heavy atom. The fourth-order valence-corrected chi connectivity index (χ4v) is 2.12. The van der Waals surface area contributed by atoms with Crippen LogP contribution in [0, 0.1) is 0 Å². The van der Waals surface area contributed by atoms with E-state index in [0.717, 1.165) is 24.3 Å². The summed E-state index contributed by atoms with van der Waals surface area (Å²) in [5, 5.41) is 3.29. The second kappa shape index (κ2) is 8.24. The van der Waals surface area contributed by atoms with Gasteiger partial charge in [-0.15, -0.1) is 0 Å². The lowest BCUT2D eigenvalue weighted by Crippen LogP contribution is -2.38. The number of halogens is 3. The summed E-state index contributed by atoms with van der Waals surface area (Å²) >= 11 is 0. The predicted octanol–water partition coefficient (Wildman–Crippen LogP) is 3.23. The fourth-order valence-electron chi connectivity index (χ4n) is 2.12. The maximum atomic E-state index is 12.4. The van der Waals surface area contributed by atoms with Gasteiger partial charge in [0.1, 0.15) is 5.75 Å². The fraction of sp³-hybridized carbons (Fsp3) is 0.600. The highest BCUT2D eigenvalue weighted by Gasteiger charge is 2.30. The highest BCUT2D eigenvalue weighted by molar-refractivity contribution is 5.29. The molecule has 21 heavy (non-hydrogen) atoms. The molecule has 0 aliphatic heterocycles. The van der Waals surface area contributed by atoms with Crippen LogP contribution in [0.4, 0.5) is 13.2 Å². The Morgan fingerprint density at radius 2 is 1.86 bits per heavy atom. The predicted molar refractivity (Wildman–Crippen MR) is 77.6 cm³/mol. The van der Waals surface area contributed by atoms with Gasteiger partial charge in [-0.1, -0.05) is 19.1 Å². The molecular weight excluding hydrogens is 281 g/mol. The largest absolute Gasteiger partial charge is 0.497 e. The van der Waals surface area contributed by atoms with Gasteiger partial charge in [0.15, 0.2) is 0 Å². The van der Waals surface area contributed by atoms with Gasteiger partial charge in [0.2, 0.25) is 0 Å². The molecule has 6 heteroatoms. The number of hydrogen-bond donors (Lipinski definition) is 1. The summed E-state index contributed by atoms with van der Waals surface area (Å²) in [6.07, 6.45) is -3.25. The number of rotatable bonds is 8. The van der Waals surface area contributed by atoms with Crippen molar-refractivity contribution >= 4 is 0 Å². The molecule has 0 heterocycles. The van der Waals surface area contributed by atoms with Crippen LogP contribution < -0.4 is 10.1 Å². The molecule has 0 spiro atoms. The first-order valence-electron chi connectivity index (χ1n) is 6.98. The van der Waals surface area contributed by atoms with Crippen molar-refractivity contribution in [2.24, 2.45) is 0 Å². The van der Waals surface area contributed by atoms with Gasteiger partial charge in [-0.25, -0.2) is 0 Å². The van der Waals surface area contributed by atoms with Gasteiger partial charge in [0.05, 0.1) is 13.7 Å². The highest BCUT2D eigenvalue weighted by Crippen LogP contribution is 2.21. The Balaban J connectivity index is 2.74. The van der Waals surface area contributed by atoms with Crippen molar-refractivity contribution in [2.45, 2.75) is 25.6 Å². The first-order valence-corrected chi connectivity index (χ1v) is 6.98. The number of methoxy groups -OCH3 is 1. The summed E-state index contributed by atoms with van der Waals surface area (Å²) in [5.41, 5.74) is 0.957. The van der Waals surface area contributed by atoms with E-state index in [0.29, 0.717) is 6.54 Å². The van der Waals surface area contributed by atoms with Crippen LogP contribution in [0.25, 0.3) is 0 Å². The lowest BCUT2D eigenvalue weighted by atomic mass is 10.1. The number of hydrogen-bond acceptors (Lipinski definition) is 3. The summed E-state index contributed by atoms with van der Waals surface area (Å²) in [6, 6.07) is 7.27. The zero-order chi connectivity index (χ0) is 15.9. The van der Waals surface area contributed by atoms with Crippen LogP contribution in [0.2, 0.25) is 0 Å². The van der Waals surface area contributed by atoms with Crippen LogP contribution in [0.5, 0.6) is 5.75 Å². The van der Waals surface area contributed by atoms with Crippen LogP contribution in [0.1, 0.15) is 24.9 Å². The van der Waals surface area contributed by atoms with Gasteiger partial charge >= 0.3 is 6.18 Å². The van der Waals surface area contributed by atoms with E-state index in [-0.39, 0.29) is 6.04 Å². The number of alkyl halides is 3. The van der Waals surface area contributed by atoms with Gasteiger partial charge in [0.25, 0.3) is 0 Å². The molecule has 1 rings (SSSR count). The number of likely N-dealkylation sites (N-methyl/N-ethyl adjacent to an activating group) is 1. The van der Waals surface area contributed by atoms with Crippen LogP contribution in [0.3, 0.4) is 0 Å². The first-order chi connectivity index (χ1) is 9.85. The van der Waals surface area contributed by atoms with E-state index in [4.69, 9.17) is 4.74 Å². The molecule has 0 saturated heterocycles.